The van der Waals surface area contributed by atoms with Crippen LogP contribution in [0.4, 0.5) is 5.69 Å². The highest BCUT2D eigenvalue weighted by molar-refractivity contribution is 7.89. The zero-order valence-corrected chi connectivity index (χ0v) is 11.0. The van der Waals surface area contributed by atoms with Crippen molar-refractivity contribution in [2.45, 2.75) is 0 Å². The molecule has 0 spiro atoms. The standard InChI is InChI=1S/C10H13ClN2O4S/c11-8-2-1-3-9(6-8)13(7-10(14)15)4-5-18(12,16)17/h1-3,6H,4-5,7H2,(H,14,15)(H2,12,16,17). The van der Waals surface area contributed by atoms with Crippen LogP contribution in [0.2, 0.25) is 5.02 Å². The van der Waals surface area contributed by atoms with Gasteiger partial charge in [0.1, 0.15) is 6.54 Å². The van der Waals surface area contributed by atoms with E-state index >= 15 is 0 Å². The van der Waals surface area contributed by atoms with Crippen molar-refractivity contribution >= 4 is 33.3 Å². The molecule has 3 N–H and O–H groups in total. The van der Waals surface area contributed by atoms with E-state index in [1.165, 1.54) is 4.90 Å². The maximum absolute atomic E-state index is 10.9. The molecule has 0 aliphatic rings. The molecule has 0 radical (unpaired) electrons. The van der Waals surface area contributed by atoms with E-state index in [-0.39, 0.29) is 18.8 Å². The summed E-state index contributed by atoms with van der Waals surface area (Å²) in [5.41, 5.74) is 0.536. The van der Waals surface area contributed by atoms with Gasteiger partial charge in [-0.15, -0.1) is 0 Å². The summed E-state index contributed by atoms with van der Waals surface area (Å²) in [6.45, 7) is -0.332. The minimum Gasteiger partial charge on any atom is -0.480 e. The number of nitrogens with zero attached hydrogens (tertiary/aromatic N) is 1. The Morgan fingerprint density at radius 2 is 2.11 bits per heavy atom. The molecule has 8 heteroatoms. The van der Waals surface area contributed by atoms with Crippen LogP contribution >= 0.6 is 11.6 Å². The largest absolute Gasteiger partial charge is 0.480 e. The molecule has 0 amide bonds. The molecule has 0 atom stereocenters. The smallest absolute Gasteiger partial charge is 0.323 e. The zero-order valence-electron chi connectivity index (χ0n) is 9.41. The predicted octanol–water partition coefficient (Wildman–Crippen LogP) is 0.520. The second-order valence-electron chi connectivity index (χ2n) is 3.66. The normalized spacial score (nSPS) is 11.2. The summed E-state index contributed by atoms with van der Waals surface area (Å²) in [5, 5.41) is 14.1. The fourth-order valence-corrected chi connectivity index (χ4v) is 2.03. The Balaban J connectivity index is 2.87. The summed E-state index contributed by atoms with van der Waals surface area (Å²) in [5.74, 6) is -1.39. The molecule has 0 bridgehead atoms. The number of carboxylic acids is 1. The first-order valence-corrected chi connectivity index (χ1v) is 7.10. The lowest BCUT2D eigenvalue weighted by atomic mass is 10.3. The molecule has 1 rings (SSSR count). The van der Waals surface area contributed by atoms with Gasteiger partial charge in [0.15, 0.2) is 0 Å². The van der Waals surface area contributed by atoms with Gasteiger partial charge >= 0.3 is 5.97 Å². The van der Waals surface area contributed by atoms with E-state index in [0.717, 1.165) is 0 Å². The number of hydrogen-bond donors (Lipinski definition) is 2. The molecule has 0 saturated carbocycles. The van der Waals surface area contributed by atoms with Gasteiger partial charge in [0.05, 0.1) is 5.75 Å². The molecule has 0 unspecified atom stereocenters. The van der Waals surface area contributed by atoms with E-state index in [0.29, 0.717) is 10.7 Å². The topological polar surface area (TPSA) is 101 Å². The van der Waals surface area contributed by atoms with E-state index in [2.05, 4.69) is 0 Å². The zero-order chi connectivity index (χ0) is 13.8. The first-order valence-electron chi connectivity index (χ1n) is 5.01. The lowest BCUT2D eigenvalue weighted by Crippen LogP contribution is -2.35. The van der Waals surface area contributed by atoms with Crippen molar-refractivity contribution in [3.8, 4) is 0 Å². The van der Waals surface area contributed by atoms with Crippen molar-refractivity contribution in [2.24, 2.45) is 5.14 Å². The van der Waals surface area contributed by atoms with Crippen molar-refractivity contribution in [3.05, 3.63) is 29.3 Å². The highest BCUT2D eigenvalue weighted by Gasteiger charge is 2.14. The van der Waals surface area contributed by atoms with Crippen LogP contribution in [-0.4, -0.2) is 38.3 Å². The monoisotopic (exact) mass is 292 g/mol. The van der Waals surface area contributed by atoms with E-state index in [4.69, 9.17) is 21.8 Å². The Morgan fingerprint density at radius 3 is 2.61 bits per heavy atom. The van der Waals surface area contributed by atoms with Gasteiger partial charge in [-0.05, 0) is 18.2 Å². The van der Waals surface area contributed by atoms with Crippen LogP contribution < -0.4 is 10.0 Å². The van der Waals surface area contributed by atoms with Crippen LogP contribution in [0, 0.1) is 0 Å². The van der Waals surface area contributed by atoms with Crippen molar-refractivity contribution in [1.29, 1.82) is 0 Å². The van der Waals surface area contributed by atoms with Crippen LogP contribution in [-0.2, 0) is 14.8 Å². The number of halogens is 1. The molecule has 100 valence electrons. The average Bonchev–Trinajstić information content (AvgIpc) is 2.22. The Kier molecular flexibility index (Phi) is 4.94. The SMILES string of the molecule is NS(=O)(=O)CCN(CC(=O)O)c1cccc(Cl)c1. The van der Waals surface area contributed by atoms with Gasteiger partial charge in [0, 0.05) is 17.3 Å². The maximum atomic E-state index is 10.9. The summed E-state index contributed by atoms with van der Waals surface area (Å²) in [6.07, 6.45) is 0. The number of aliphatic carboxylic acids is 1. The van der Waals surface area contributed by atoms with Crippen molar-refractivity contribution in [3.63, 3.8) is 0 Å². The predicted molar refractivity (Wildman–Crippen MR) is 69.3 cm³/mol. The fraction of sp³-hybridized carbons (Fsp3) is 0.300. The number of primary sulfonamides is 1. The number of rotatable bonds is 6. The molecule has 6 nitrogen and oxygen atoms in total. The van der Waals surface area contributed by atoms with Gasteiger partial charge in [-0.25, -0.2) is 13.6 Å². The third-order valence-corrected chi connectivity index (χ3v) is 3.13. The van der Waals surface area contributed by atoms with Crippen LogP contribution in [0.25, 0.3) is 0 Å². The molecule has 0 aromatic heterocycles. The van der Waals surface area contributed by atoms with Crippen LogP contribution in [0.15, 0.2) is 24.3 Å². The lowest BCUT2D eigenvalue weighted by molar-refractivity contribution is -0.135. The van der Waals surface area contributed by atoms with Gasteiger partial charge in [-0.2, -0.15) is 0 Å². The third-order valence-electron chi connectivity index (χ3n) is 2.15. The van der Waals surface area contributed by atoms with Crippen LogP contribution in [0.3, 0.4) is 0 Å². The molecule has 0 saturated heterocycles. The van der Waals surface area contributed by atoms with Crippen LogP contribution in [0.1, 0.15) is 0 Å². The number of sulfonamides is 1. The van der Waals surface area contributed by atoms with Gasteiger partial charge in [0.25, 0.3) is 0 Å². The van der Waals surface area contributed by atoms with E-state index in [1.807, 2.05) is 0 Å². The Labute approximate surface area is 110 Å². The second kappa shape index (κ2) is 6.03. The van der Waals surface area contributed by atoms with E-state index in [9.17, 15) is 13.2 Å². The van der Waals surface area contributed by atoms with Crippen molar-refractivity contribution in [1.82, 2.24) is 0 Å². The quantitative estimate of drug-likeness (QED) is 0.796. The minimum atomic E-state index is -3.64. The fourth-order valence-electron chi connectivity index (χ4n) is 1.37. The minimum absolute atomic E-state index is 0.00846. The average molecular weight is 293 g/mol. The third kappa shape index (κ3) is 5.35. The number of hydrogen-bond acceptors (Lipinski definition) is 4. The van der Waals surface area contributed by atoms with Crippen molar-refractivity contribution in [2.75, 3.05) is 23.7 Å². The summed E-state index contributed by atoms with van der Waals surface area (Å²) in [7, 11) is -3.64. The molecular formula is C10H13ClN2O4S. The Morgan fingerprint density at radius 1 is 1.44 bits per heavy atom. The van der Waals surface area contributed by atoms with Gasteiger partial charge in [-0.3, -0.25) is 4.79 Å². The van der Waals surface area contributed by atoms with Crippen molar-refractivity contribution < 1.29 is 18.3 Å². The molecule has 1 aromatic carbocycles. The van der Waals surface area contributed by atoms with Crippen LogP contribution in [0.5, 0.6) is 0 Å². The Hall–Kier alpha value is -1.31. The Bertz CT molecular complexity index is 532. The number of carboxylic acid groups (broad SMARTS) is 1. The summed E-state index contributed by atoms with van der Waals surface area (Å²) < 4.78 is 21.8. The highest BCUT2D eigenvalue weighted by atomic mass is 35.5. The summed E-state index contributed by atoms with van der Waals surface area (Å²) >= 11 is 5.80. The summed E-state index contributed by atoms with van der Waals surface area (Å²) in [6, 6.07) is 6.51. The number of benzene rings is 1. The molecular weight excluding hydrogens is 280 g/mol. The molecule has 0 aliphatic heterocycles. The van der Waals surface area contributed by atoms with Gasteiger partial charge in [-0.1, -0.05) is 17.7 Å². The number of nitrogens with two attached hydrogens (primary N) is 1. The summed E-state index contributed by atoms with van der Waals surface area (Å²) in [4.78, 5) is 12.1. The number of anilines is 1. The molecule has 0 heterocycles. The first kappa shape index (κ1) is 14.7. The molecule has 1 aromatic rings. The maximum Gasteiger partial charge on any atom is 0.323 e. The lowest BCUT2D eigenvalue weighted by Gasteiger charge is -2.22. The van der Waals surface area contributed by atoms with Gasteiger partial charge in [0.2, 0.25) is 10.0 Å². The van der Waals surface area contributed by atoms with E-state index < -0.39 is 16.0 Å². The van der Waals surface area contributed by atoms with Gasteiger partial charge < -0.3 is 10.0 Å². The molecule has 18 heavy (non-hydrogen) atoms. The second-order valence-corrected chi connectivity index (χ2v) is 5.83. The molecule has 0 aliphatic carbocycles. The van der Waals surface area contributed by atoms with E-state index in [1.54, 1.807) is 24.3 Å². The highest BCUT2D eigenvalue weighted by Crippen LogP contribution is 2.19. The number of carbonyl (C=O) groups is 1. The molecule has 0 fully saturated rings. The first-order chi connectivity index (χ1) is 8.28.